The third-order valence-corrected chi connectivity index (χ3v) is 6.54. The number of rotatable bonds is 8. The quantitative estimate of drug-likeness (QED) is 0.512. The van der Waals surface area contributed by atoms with E-state index in [4.69, 9.17) is 13.9 Å². The lowest BCUT2D eigenvalue weighted by molar-refractivity contribution is -0.139. The van der Waals surface area contributed by atoms with Crippen LogP contribution >= 0.6 is 0 Å². The van der Waals surface area contributed by atoms with Crippen molar-refractivity contribution in [2.75, 3.05) is 32.9 Å². The third kappa shape index (κ3) is 5.23. The van der Waals surface area contributed by atoms with Crippen molar-refractivity contribution in [1.82, 2.24) is 10.2 Å². The van der Waals surface area contributed by atoms with E-state index in [1.807, 2.05) is 42.5 Å². The summed E-state index contributed by atoms with van der Waals surface area (Å²) in [5.41, 5.74) is 4.46. The summed E-state index contributed by atoms with van der Waals surface area (Å²) in [5, 5.41) is 12.1. The molecule has 1 atom stereocenters. The summed E-state index contributed by atoms with van der Waals surface area (Å²) in [6, 6.07) is 18.5. The van der Waals surface area contributed by atoms with E-state index in [2.05, 4.69) is 22.3 Å². The molecule has 2 aromatic carbocycles. The molecule has 0 bridgehead atoms. The summed E-state index contributed by atoms with van der Waals surface area (Å²) >= 11 is 0. The van der Waals surface area contributed by atoms with Gasteiger partial charge in [0, 0.05) is 25.4 Å². The number of furan rings is 1. The second kappa shape index (κ2) is 10.3. The average Bonchev–Trinajstić information content (AvgIpc) is 3.45. The smallest absolute Gasteiger partial charge is 0.407 e. The fourth-order valence-electron chi connectivity index (χ4n) is 4.78. The lowest BCUT2D eigenvalue weighted by atomic mass is 9.98. The molecule has 1 amide bonds. The van der Waals surface area contributed by atoms with E-state index in [1.54, 1.807) is 6.07 Å². The molecule has 5 rings (SSSR count). The third-order valence-electron chi connectivity index (χ3n) is 6.54. The van der Waals surface area contributed by atoms with Crippen molar-refractivity contribution in [3.8, 4) is 11.1 Å². The number of hydrogen-bond donors (Lipinski definition) is 2. The largest absolute Gasteiger partial charge is 0.480 e. The lowest BCUT2D eigenvalue weighted by Gasteiger charge is -2.25. The zero-order chi connectivity index (χ0) is 24.2. The molecular weight excluding hydrogens is 448 g/mol. The normalized spacial score (nSPS) is 16.3. The highest BCUT2D eigenvalue weighted by molar-refractivity contribution is 5.81. The van der Waals surface area contributed by atoms with Gasteiger partial charge in [-0.25, -0.2) is 9.59 Å². The number of benzene rings is 2. The molecule has 2 aliphatic rings. The van der Waals surface area contributed by atoms with Crippen LogP contribution in [0, 0.1) is 0 Å². The first kappa shape index (κ1) is 23.1. The Balaban J connectivity index is 1.18. The van der Waals surface area contributed by atoms with Crippen molar-refractivity contribution in [3.05, 3.63) is 83.3 Å². The Kier molecular flexibility index (Phi) is 6.83. The Labute approximate surface area is 203 Å². The maximum Gasteiger partial charge on any atom is 0.407 e. The van der Waals surface area contributed by atoms with Gasteiger partial charge >= 0.3 is 12.1 Å². The molecule has 2 N–H and O–H groups in total. The van der Waals surface area contributed by atoms with E-state index in [0.29, 0.717) is 25.5 Å². The van der Waals surface area contributed by atoms with Crippen LogP contribution in [0.15, 0.2) is 65.1 Å². The van der Waals surface area contributed by atoms with Crippen LogP contribution < -0.4 is 5.32 Å². The number of carboxylic acids is 1. The van der Waals surface area contributed by atoms with E-state index < -0.39 is 18.1 Å². The first-order valence-electron chi connectivity index (χ1n) is 11.8. The standard InChI is InChI=1S/C27H28N2O6/c30-26(31)25(15-18-9-10-19(35-18)16-29-11-13-33-14-12-29)28-27(32)34-17-24-22-7-3-1-5-20(22)21-6-2-4-8-23(21)24/h1-10,24-25H,11-17H2,(H,28,32)(H,30,31). The summed E-state index contributed by atoms with van der Waals surface area (Å²) in [4.78, 5) is 26.6. The molecule has 8 nitrogen and oxygen atoms in total. The SMILES string of the molecule is O=C(NC(Cc1ccc(CN2CCOCC2)o1)C(=O)O)OCC1c2ccccc2-c2ccccc21. The van der Waals surface area contributed by atoms with Gasteiger partial charge in [0.25, 0.3) is 0 Å². The number of nitrogens with zero attached hydrogens (tertiary/aromatic N) is 1. The molecular formula is C27H28N2O6. The highest BCUT2D eigenvalue weighted by atomic mass is 16.5. The molecule has 3 aromatic rings. The number of hydrogen-bond acceptors (Lipinski definition) is 6. The van der Waals surface area contributed by atoms with Crippen LogP contribution in [0.4, 0.5) is 4.79 Å². The number of alkyl carbamates (subject to hydrolysis) is 1. The van der Waals surface area contributed by atoms with E-state index in [-0.39, 0.29) is 18.9 Å². The minimum atomic E-state index is -1.16. The first-order valence-corrected chi connectivity index (χ1v) is 11.8. The van der Waals surface area contributed by atoms with E-state index in [1.165, 1.54) is 0 Å². The van der Waals surface area contributed by atoms with Crippen molar-refractivity contribution in [2.45, 2.75) is 24.9 Å². The van der Waals surface area contributed by atoms with Crippen LogP contribution in [0.5, 0.6) is 0 Å². The second-order valence-electron chi connectivity index (χ2n) is 8.82. The average molecular weight is 477 g/mol. The number of amides is 1. The lowest BCUT2D eigenvalue weighted by Crippen LogP contribution is -2.42. The van der Waals surface area contributed by atoms with Gasteiger partial charge in [-0.3, -0.25) is 4.90 Å². The van der Waals surface area contributed by atoms with Crippen molar-refractivity contribution < 1.29 is 28.6 Å². The summed E-state index contributed by atoms with van der Waals surface area (Å²) in [5.74, 6) is 0.0145. The summed E-state index contributed by atoms with van der Waals surface area (Å²) in [6.45, 7) is 3.81. The van der Waals surface area contributed by atoms with E-state index in [9.17, 15) is 14.7 Å². The topological polar surface area (TPSA) is 101 Å². The molecule has 1 unspecified atom stereocenters. The van der Waals surface area contributed by atoms with Crippen LogP contribution in [-0.4, -0.2) is 61.0 Å². The summed E-state index contributed by atoms with van der Waals surface area (Å²) < 4.78 is 16.7. The van der Waals surface area contributed by atoms with Crippen LogP contribution in [0.3, 0.4) is 0 Å². The molecule has 0 spiro atoms. The van der Waals surface area contributed by atoms with Crippen LogP contribution in [0.1, 0.15) is 28.6 Å². The van der Waals surface area contributed by atoms with Crippen molar-refractivity contribution >= 4 is 12.1 Å². The number of nitrogens with one attached hydrogen (secondary N) is 1. The monoisotopic (exact) mass is 476 g/mol. The Morgan fingerprint density at radius 2 is 1.60 bits per heavy atom. The number of carboxylic acid groups (broad SMARTS) is 1. The summed E-state index contributed by atoms with van der Waals surface area (Å²) in [6.07, 6.45) is -0.734. The Morgan fingerprint density at radius 3 is 2.26 bits per heavy atom. The molecule has 1 fully saturated rings. The van der Waals surface area contributed by atoms with E-state index in [0.717, 1.165) is 41.1 Å². The van der Waals surface area contributed by atoms with Gasteiger partial charge in [0.15, 0.2) is 0 Å². The van der Waals surface area contributed by atoms with Crippen molar-refractivity contribution in [3.63, 3.8) is 0 Å². The minimum Gasteiger partial charge on any atom is -0.480 e. The molecule has 182 valence electrons. The molecule has 1 aliphatic heterocycles. The molecule has 1 aromatic heterocycles. The maximum atomic E-state index is 12.6. The summed E-state index contributed by atoms with van der Waals surface area (Å²) in [7, 11) is 0. The highest BCUT2D eigenvalue weighted by Gasteiger charge is 2.30. The number of carbonyl (C=O) groups excluding carboxylic acids is 1. The van der Waals surface area contributed by atoms with Crippen molar-refractivity contribution in [1.29, 1.82) is 0 Å². The first-order chi connectivity index (χ1) is 17.1. The molecule has 1 saturated heterocycles. The van der Waals surface area contributed by atoms with Gasteiger partial charge in [-0.1, -0.05) is 48.5 Å². The molecule has 0 radical (unpaired) electrons. The van der Waals surface area contributed by atoms with Crippen LogP contribution in [0.2, 0.25) is 0 Å². The van der Waals surface area contributed by atoms with E-state index >= 15 is 0 Å². The van der Waals surface area contributed by atoms with Gasteiger partial charge < -0.3 is 24.3 Å². The predicted octanol–water partition coefficient (Wildman–Crippen LogP) is 3.65. The van der Waals surface area contributed by atoms with Gasteiger partial charge in [0.1, 0.15) is 24.2 Å². The highest BCUT2D eigenvalue weighted by Crippen LogP contribution is 2.44. The molecule has 35 heavy (non-hydrogen) atoms. The molecule has 8 heteroatoms. The molecule has 1 aliphatic carbocycles. The van der Waals surface area contributed by atoms with Crippen LogP contribution in [0.25, 0.3) is 11.1 Å². The van der Waals surface area contributed by atoms with Gasteiger partial charge in [0.2, 0.25) is 0 Å². The Bertz CT molecular complexity index is 1150. The van der Waals surface area contributed by atoms with Gasteiger partial charge in [-0.2, -0.15) is 0 Å². The number of aliphatic carboxylic acids is 1. The minimum absolute atomic E-state index is 0.0304. The zero-order valence-corrected chi connectivity index (χ0v) is 19.3. The second-order valence-corrected chi connectivity index (χ2v) is 8.82. The number of carbonyl (C=O) groups is 2. The van der Waals surface area contributed by atoms with Gasteiger partial charge in [0.05, 0.1) is 19.8 Å². The zero-order valence-electron chi connectivity index (χ0n) is 19.3. The fraction of sp³-hybridized carbons (Fsp3) is 0.333. The number of ether oxygens (including phenoxy) is 2. The Morgan fingerprint density at radius 1 is 0.971 bits per heavy atom. The Hall–Kier alpha value is -3.62. The molecule has 0 saturated carbocycles. The number of morpholine rings is 1. The van der Waals surface area contributed by atoms with Crippen LogP contribution in [-0.2, 0) is 27.2 Å². The molecule has 2 heterocycles. The predicted molar refractivity (Wildman–Crippen MR) is 128 cm³/mol. The van der Waals surface area contributed by atoms with Gasteiger partial charge in [-0.15, -0.1) is 0 Å². The maximum absolute atomic E-state index is 12.6. The number of fused-ring (bicyclic) bond motifs is 3. The van der Waals surface area contributed by atoms with Crippen molar-refractivity contribution in [2.24, 2.45) is 0 Å². The van der Waals surface area contributed by atoms with Gasteiger partial charge in [-0.05, 0) is 34.4 Å². The fourth-order valence-corrected chi connectivity index (χ4v) is 4.78.